The Labute approximate surface area is 211 Å². The smallest absolute Gasteiger partial charge is 0.748 e. The van der Waals surface area contributed by atoms with E-state index in [0.717, 1.165) is 25.7 Å². The first-order valence-electron chi connectivity index (χ1n) is 11.1. The van der Waals surface area contributed by atoms with E-state index in [2.05, 4.69) is 6.92 Å². The summed E-state index contributed by atoms with van der Waals surface area (Å²) in [6.07, 6.45) is 17.3. The van der Waals surface area contributed by atoms with Gasteiger partial charge in [-0.3, -0.25) is 0 Å². The fourth-order valence-electron chi connectivity index (χ4n) is 3.49. The molecule has 27 heavy (non-hydrogen) atoms. The minimum absolute atomic E-state index is 0. The summed E-state index contributed by atoms with van der Waals surface area (Å²) in [6, 6.07) is 0. The molecule has 0 spiro atoms. The van der Waals surface area contributed by atoms with Crippen LogP contribution >= 0.6 is 0 Å². The third kappa shape index (κ3) is 19.2. The fourth-order valence-corrected chi connectivity index (χ4v) is 4.47. The molecular weight excluding hydrogens is 387 g/mol. The van der Waals surface area contributed by atoms with Crippen LogP contribution in [0.25, 0.3) is 0 Å². The molecule has 1 N–H and O–H groups in total. The van der Waals surface area contributed by atoms with Crippen molar-refractivity contribution in [3.8, 4) is 0 Å². The minimum atomic E-state index is -4.41. The number of rotatable bonds is 19. The van der Waals surface area contributed by atoms with Crippen molar-refractivity contribution in [3.63, 3.8) is 0 Å². The summed E-state index contributed by atoms with van der Waals surface area (Å²) in [5, 5.41) is 8.86. The van der Waals surface area contributed by atoms with E-state index in [9.17, 15) is 18.1 Å². The second-order valence-electron chi connectivity index (χ2n) is 7.77. The maximum atomic E-state index is 11.4. The van der Waals surface area contributed by atoms with Crippen LogP contribution in [0, 0.1) is 0 Å². The third-order valence-electron chi connectivity index (χ3n) is 5.25. The molecule has 0 rings (SSSR count). The number of unbranched alkanes of at least 4 members (excludes halogenated alkanes) is 13. The molecule has 0 aliphatic rings. The summed E-state index contributed by atoms with van der Waals surface area (Å²) in [5.41, 5.74) is 0. The summed E-state index contributed by atoms with van der Waals surface area (Å²) in [4.78, 5) is 0. The van der Waals surface area contributed by atoms with Crippen LogP contribution in [0.3, 0.4) is 0 Å². The molecule has 0 aromatic carbocycles. The van der Waals surface area contributed by atoms with Gasteiger partial charge in [-0.15, -0.1) is 0 Å². The maximum Gasteiger partial charge on any atom is 1.00 e. The Hall–Kier alpha value is 1.51. The van der Waals surface area contributed by atoms with Gasteiger partial charge in [0.05, 0.1) is 11.4 Å². The van der Waals surface area contributed by atoms with Crippen molar-refractivity contribution in [2.45, 2.75) is 134 Å². The van der Waals surface area contributed by atoms with E-state index in [4.69, 9.17) is 0 Å². The molecule has 0 amide bonds. The van der Waals surface area contributed by atoms with E-state index in [1.807, 2.05) is 6.92 Å². The van der Waals surface area contributed by atoms with Gasteiger partial charge in [-0.2, -0.15) is 0 Å². The van der Waals surface area contributed by atoms with Gasteiger partial charge in [0.1, 0.15) is 10.1 Å². The van der Waals surface area contributed by atoms with Crippen molar-refractivity contribution >= 4 is 10.1 Å². The van der Waals surface area contributed by atoms with Crippen LogP contribution in [0.15, 0.2) is 0 Å². The van der Waals surface area contributed by atoms with Crippen LogP contribution in [0.1, 0.15) is 123 Å². The zero-order valence-electron chi connectivity index (χ0n) is 18.3. The summed E-state index contributed by atoms with van der Waals surface area (Å²) < 4.78 is 34.1. The number of hydrogen-bond donors (Lipinski definition) is 1. The van der Waals surface area contributed by atoms with Crippen LogP contribution in [-0.4, -0.2) is 29.4 Å². The summed E-state index contributed by atoms with van der Waals surface area (Å²) in [7, 11) is -4.41. The quantitative estimate of drug-likeness (QED) is 0.194. The second kappa shape index (κ2) is 20.8. The molecule has 0 aliphatic carbocycles. The van der Waals surface area contributed by atoms with E-state index >= 15 is 0 Å². The molecule has 2 unspecified atom stereocenters. The third-order valence-corrected chi connectivity index (χ3v) is 6.54. The van der Waals surface area contributed by atoms with Crippen LogP contribution in [0.4, 0.5) is 0 Å². The predicted molar refractivity (Wildman–Crippen MR) is 109 cm³/mol. The van der Waals surface area contributed by atoms with Crippen LogP contribution in [0.2, 0.25) is 0 Å². The molecule has 0 aromatic heterocycles. The molecule has 0 radical (unpaired) electrons. The van der Waals surface area contributed by atoms with Crippen LogP contribution in [0.5, 0.6) is 0 Å². The molecule has 0 aromatic rings. The van der Waals surface area contributed by atoms with Crippen LogP contribution in [-0.2, 0) is 10.1 Å². The van der Waals surface area contributed by atoms with Gasteiger partial charge >= 0.3 is 51.4 Å². The SMILES string of the molecule is CCCCCCCCCCCCCCCC(C(O)CCCC)S(=O)(=O)[O-].[K+]. The number of aliphatic hydroxyl groups is 1. The van der Waals surface area contributed by atoms with E-state index in [0.29, 0.717) is 19.3 Å². The predicted octanol–water partition coefficient (Wildman–Crippen LogP) is 2.94. The van der Waals surface area contributed by atoms with Crippen molar-refractivity contribution in [2.24, 2.45) is 0 Å². The Bertz CT molecular complexity index is 401. The Morgan fingerprint density at radius 1 is 0.667 bits per heavy atom. The molecule has 0 heterocycles. The molecule has 0 aliphatic heterocycles. The topological polar surface area (TPSA) is 77.4 Å². The molecule has 2 atom stereocenters. The van der Waals surface area contributed by atoms with E-state index in [1.54, 1.807) is 0 Å². The molecule has 6 heteroatoms. The zero-order valence-corrected chi connectivity index (χ0v) is 22.2. The minimum Gasteiger partial charge on any atom is -0.748 e. The van der Waals surface area contributed by atoms with Gasteiger partial charge in [0.2, 0.25) is 0 Å². The summed E-state index contributed by atoms with van der Waals surface area (Å²) in [6.45, 7) is 4.23. The first kappa shape index (κ1) is 30.7. The van der Waals surface area contributed by atoms with Crippen molar-refractivity contribution in [3.05, 3.63) is 0 Å². The molecule has 0 fully saturated rings. The van der Waals surface area contributed by atoms with E-state index in [1.165, 1.54) is 64.2 Å². The van der Waals surface area contributed by atoms with Crippen LogP contribution < -0.4 is 51.4 Å². The Kier molecular flexibility index (Phi) is 23.6. The van der Waals surface area contributed by atoms with Gasteiger partial charge in [-0.05, 0) is 12.8 Å². The summed E-state index contributed by atoms with van der Waals surface area (Å²) in [5.74, 6) is 0. The number of aliphatic hydroxyl groups excluding tert-OH is 1. The Morgan fingerprint density at radius 3 is 1.41 bits per heavy atom. The Balaban J connectivity index is 0. The van der Waals surface area contributed by atoms with Gasteiger partial charge in [0.25, 0.3) is 0 Å². The first-order chi connectivity index (χ1) is 12.4. The monoisotopic (exact) mass is 430 g/mol. The van der Waals surface area contributed by atoms with E-state index < -0.39 is 21.5 Å². The standard InChI is InChI=1S/C21H44O4S.K/c1-3-5-7-8-9-10-11-12-13-14-15-16-17-19-21(26(23,24)25)20(22)18-6-4-2;/h20-22H,3-19H2,1-2H3,(H,23,24,25);/q;+1/p-1. The van der Waals surface area contributed by atoms with E-state index in [-0.39, 0.29) is 51.4 Å². The van der Waals surface area contributed by atoms with Crippen molar-refractivity contribution in [1.29, 1.82) is 0 Å². The largest absolute Gasteiger partial charge is 1.00 e. The molecule has 0 bridgehead atoms. The maximum absolute atomic E-state index is 11.4. The Morgan fingerprint density at radius 2 is 1.04 bits per heavy atom. The van der Waals surface area contributed by atoms with Gasteiger partial charge in [-0.25, -0.2) is 8.42 Å². The average molecular weight is 431 g/mol. The fraction of sp³-hybridized carbons (Fsp3) is 1.00. The van der Waals surface area contributed by atoms with Crippen molar-refractivity contribution in [2.75, 3.05) is 0 Å². The van der Waals surface area contributed by atoms with Crippen molar-refractivity contribution in [1.82, 2.24) is 0 Å². The summed E-state index contributed by atoms with van der Waals surface area (Å²) >= 11 is 0. The van der Waals surface area contributed by atoms with Gasteiger partial charge in [0, 0.05) is 0 Å². The van der Waals surface area contributed by atoms with Gasteiger partial charge < -0.3 is 9.66 Å². The first-order valence-corrected chi connectivity index (χ1v) is 12.5. The zero-order chi connectivity index (χ0) is 19.7. The van der Waals surface area contributed by atoms with Crippen molar-refractivity contribution < 1.29 is 69.5 Å². The second-order valence-corrected chi connectivity index (χ2v) is 9.36. The van der Waals surface area contributed by atoms with Gasteiger partial charge in [0.15, 0.2) is 0 Å². The average Bonchev–Trinajstić information content (AvgIpc) is 2.59. The number of hydrogen-bond acceptors (Lipinski definition) is 4. The molecule has 158 valence electrons. The van der Waals surface area contributed by atoms with Gasteiger partial charge in [-0.1, -0.05) is 110 Å². The molecule has 0 saturated carbocycles. The molecule has 4 nitrogen and oxygen atoms in total. The molecule has 0 saturated heterocycles. The molecular formula is C21H43KO4S. The normalized spacial score (nSPS) is 13.9.